The number of ether oxygens (including phenoxy) is 1. The molecule has 3 nitrogen and oxygen atoms in total. The van der Waals surface area contributed by atoms with Gasteiger partial charge in [0.05, 0.1) is 0 Å². The zero-order valence-electron chi connectivity index (χ0n) is 11.4. The fourth-order valence-electron chi connectivity index (χ4n) is 3.52. The average molecular weight is 259 g/mol. The molecule has 3 rings (SSSR count). The molecule has 2 saturated carbocycles. The molecule has 2 fully saturated rings. The molecular weight excluding hydrogens is 238 g/mol. The van der Waals surface area contributed by atoms with Gasteiger partial charge in [-0.2, -0.15) is 0 Å². The number of fused-ring (bicyclic) bond motifs is 2. The van der Waals surface area contributed by atoms with Crippen molar-refractivity contribution in [2.45, 2.75) is 38.6 Å². The van der Waals surface area contributed by atoms with Gasteiger partial charge in [-0.25, -0.2) is 0 Å². The maximum Gasteiger partial charge on any atom is 0.258 e. The van der Waals surface area contributed by atoms with Gasteiger partial charge in [-0.15, -0.1) is 0 Å². The molecule has 1 N–H and O–H groups in total. The summed E-state index contributed by atoms with van der Waals surface area (Å²) in [5.41, 5.74) is 1.14. The Morgan fingerprint density at radius 2 is 2.26 bits per heavy atom. The number of aryl methyl sites for hydroxylation is 1. The van der Waals surface area contributed by atoms with Gasteiger partial charge in [0.25, 0.3) is 5.91 Å². The van der Waals surface area contributed by atoms with Gasteiger partial charge in [0.2, 0.25) is 0 Å². The van der Waals surface area contributed by atoms with Crippen molar-refractivity contribution in [3.63, 3.8) is 0 Å². The normalized spacial score (nSPS) is 28.4. The van der Waals surface area contributed by atoms with Crippen LogP contribution in [-0.2, 0) is 4.79 Å². The van der Waals surface area contributed by atoms with E-state index < -0.39 is 0 Å². The topological polar surface area (TPSA) is 38.3 Å². The van der Waals surface area contributed by atoms with Crippen LogP contribution in [0.25, 0.3) is 0 Å². The standard InChI is InChI=1S/C16H21NO2/c1-11-3-2-4-14(7-11)19-10-16(18)17-15-9-12-5-6-13(15)8-12/h2-4,7,12-13,15H,5-6,8-10H2,1H3,(H,17,18). The van der Waals surface area contributed by atoms with Crippen LogP contribution in [0.4, 0.5) is 0 Å². The Labute approximate surface area is 114 Å². The van der Waals surface area contributed by atoms with Crippen LogP contribution in [0.2, 0.25) is 0 Å². The quantitative estimate of drug-likeness (QED) is 0.902. The van der Waals surface area contributed by atoms with Crippen molar-refractivity contribution in [1.29, 1.82) is 0 Å². The van der Waals surface area contributed by atoms with Crippen LogP contribution >= 0.6 is 0 Å². The lowest BCUT2D eigenvalue weighted by Crippen LogP contribution is -2.40. The lowest BCUT2D eigenvalue weighted by Gasteiger charge is -2.22. The third-order valence-corrected chi connectivity index (χ3v) is 4.44. The first kappa shape index (κ1) is 12.5. The molecular formula is C16H21NO2. The fourth-order valence-corrected chi connectivity index (χ4v) is 3.52. The van der Waals surface area contributed by atoms with Crippen LogP contribution < -0.4 is 10.1 Å². The van der Waals surface area contributed by atoms with Gasteiger partial charge in [0.15, 0.2) is 6.61 Å². The number of amides is 1. The van der Waals surface area contributed by atoms with Gasteiger partial charge in [-0.3, -0.25) is 4.79 Å². The minimum absolute atomic E-state index is 0.0130. The van der Waals surface area contributed by atoms with E-state index in [4.69, 9.17) is 4.74 Å². The molecule has 0 aliphatic heterocycles. The number of nitrogens with one attached hydrogen (secondary N) is 1. The zero-order valence-corrected chi connectivity index (χ0v) is 11.4. The van der Waals surface area contributed by atoms with E-state index in [1.807, 2.05) is 31.2 Å². The van der Waals surface area contributed by atoms with E-state index in [1.54, 1.807) is 0 Å². The van der Waals surface area contributed by atoms with E-state index >= 15 is 0 Å². The van der Waals surface area contributed by atoms with Gasteiger partial charge >= 0.3 is 0 Å². The lowest BCUT2D eigenvalue weighted by molar-refractivity contribution is -0.124. The van der Waals surface area contributed by atoms with Crippen LogP contribution in [0.3, 0.4) is 0 Å². The molecule has 2 aliphatic rings. The molecule has 1 aromatic carbocycles. The zero-order chi connectivity index (χ0) is 13.2. The number of hydrogen-bond acceptors (Lipinski definition) is 2. The van der Waals surface area contributed by atoms with Crippen LogP contribution in [-0.4, -0.2) is 18.6 Å². The summed E-state index contributed by atoms with van der Waals surface area (Å²) in [6.45, 7) is 2.14. The number of hydrogen-bond donors (Lipinski definition) is 1. The van der Waals surface area contributed by atoms with Crippen molar-refractivity contribution in [3.05, 3.63) is 29.8 Å². The summed E-state index contributed by atoms with van der Waals surface area (Å²) >= 11 is 0. The number of benzene rings is 1. The Kier molecular flexibility index (Phi) is 3.45. The Balaban J connectivity index is 1.47. The van der Waals surface area contributed by atoms with E-state index in [2.05, 4.69) is 5.32 Å². The first-order chi connectivity index (χ1) is 9.20. The van der Waals surface area contributed by atoms with E-state index in [-0.39, 0.29) is 12.5 Å². The Morgan fingerprint density at radius 1 is 1.37 bits per heavy atom. The van der Waals surface area contributed by atoms with Gasteiger partial charge in [0.1, 0.15) is 5.75 Å². The number of carbonyl (C=O) groups excluding carboxylic acids is 1. The molecule has 102 valence electrons. The molecule has 0 aromatic heterocycles. The summed E-state index contributed by atoms with van der Waals surface area (Å²) in [6, 6.07) is 8.19. The van der Waals surface area contributed by atoms with E-state index in [0.717, 1.165) is 17.2 Å². The number of carbonyl (C=O) groups is 1. The van der Waals surface area contributed by atoms with E-state index in [1.165, 1.54) is 25.7 Å². The first-order valence-electron chi connectivity index (χ1n) is 7.19. The van der Waals surface area contributed by atoms with Gasteiger partial charge in [-0.05, 0) is 55.7 Å². The predicted molar refractivity (Wildman–Crippen MR) is 74.1 cm³/mol. The molecule has 0 spiro atoms. The van der Waals surface area contributed by atoms with Gasteiger partial charge in [-0.1, -0.05) is 18.6 Å². The lowest BCUT2D eigenvalue weighted by atomic mass is 9.95. The van der Waals surface area contributed by atoms with Crippen molar-refractivity contribution in [3.8, 4) is 5.75 Å². The highest BCUT2D eigenvalue weighted by molar-refractivity contribution is 5.78. The van der Waals surface area contributed by atoms with Crippen LogP contribution in [0, 0.1) is 18.8 Å². The molecule has 3 heteroatoms. The molecule has 1 amide bonds. The first-order valence-corrected chi connectivity index (χ1v) is 7.19. The Bertz CT molecular complexity index is 472. The second-order valence-corrected chi connectivity index (χ2v) is 5.95. The smallest absolute Gasteiger partial charge is 0.258 e. The molecule has 0 heterocycles. The molecule has 0 radical (unpaired) electrons. The van der Waals surface area contributed by atoms with E-state index in [0.29, 0.717) is 12.0 Å². The summed E-state index contributed by atoms with van der Waals surface area (Å²) in [5, 5.41) is 3.13. The van der Waals surface area contributed by atoms with Crippen molar-refractivity contribution < 1.29 is 9.53 Å². The van der Waals surface area contributed by atoms with Crippen LogP contribution in [0.15, 0.2) is 24.3 Å². The molecule has 2 bridgehead atoms. The second kappa shape index (κ2) is 5.24. The molecule has 1 aromatic rings. The third-order valence-electron chi connectivity index (χ3n) is 4.44. The molecule has 19 heavy (non-hydrogen) atoms. The van der Waals surface area contributed by atoms with Crippen molar-refractivity contribution in [2.75, 3.05) is 6.61 Å². The molecule has 3 unspecified atom stereocenters. The van der Waals surface area contributed by atoms with Crippen LogP contribution in [0.5, 0.6) is 5.75 Å². The highest BCUT2D eigenvalue weighted by Gasteiger charge is 2.40. The Morgan fingerprint density at radius 3 is 2.95 bits per heavy atom. The molecule has 3 atom stereocenters. The minimum atomic E-state index is 0.0130. The monoisotopic (exact) mass is 259 g/mol. The highest BCUT2D eigenvalue weighted by atomic mass is 16.5. The number of rotatable bonds is 4. The predicted octanol–water partition coefficient (Wildman–Crippen LogP) is 2.68. The maximum atomic E-state index is 11.9. The largest absolute Gasteiger partial charge is 0.484 e. The molecule has 2 aliphatic carbocycles. The summed E-state index contributed by atoms with van der Waals surface area (Å²) in [5.74, 6) is 2.35. The van der Waals surface area contributed by atoms with Gasteiger partial charge in [0, 0.05) is 6.04 Å². The van der Waals surface area contributed by atoms with Crippen LogP contribution in [0.1, 0.15) is 31.2 Å². The minimum Gasteiger partial charge on any atom is -0.484 e. The second-order valence-electron chi connectivity index (χ2n) is 5.95. The fraction of sp³-hybridized carbons (Fsp3) is 0.562. The summed E-state index contributed by atoms with van der Waals surface area (Å²) in [7, 11) is 0. The molecule has 0 saturated heterocycles. The van der Waals surface area contributed by atoms with Crippen molar-refractivity contribution >= 4 is 5.91 Å². The third kappa shape index (κ3) is 2.91. The average Bonchev–Trinajstić information content (AvgIpc) is 2.99. The van der Waals surface area contributed by atoms with Gasteiger partial charge < -0.3 is 10.1 Å². The Hall–Kier alpha value is -1.51. The summed E-state index contributed by atoms with van der Waals surface area (Å²) in [4.78, 5) is 11.9. The van der Waals surface area contributed by atoms with E-state index in [9.17, 15) is 4.79 Å². The van der Waals surface area contributed by atoms with Crippen molar-refractivity contribution in [2.24, 2.45) is 11.8 Å². The SMILES string of the molecule is Cc1cccc(OCC(=O)NC2CC3CCC2C3)c1. The summed E-state index contributed by atoms with van der Waals surface area (Å²) < 4.78 is 5.53. The highest BCUT2D eigenvalue weighted by Crippen LogP contribution is 2.44. The summed E-state index contributed by atoms with van der Waals surface area (Å²) in [6.07, 6.45) is 5.12. The van der Waals surface area contributed by atoms with Crippen molar-refractivity contribution in [1.82, 2.24) is 5.32 Å². The maximum absolute atomic E-state index is 11.9.